The molecule has 0 amide bonds. The summed E-state index contributed by atoms with van der Waals surface area (Å²) >= 11 is 0. The summed E-state index contributed by atoms with van der Waals surface area (Å²) in [4.78, 5) is 0. The second-order valence-corrected chi connectivity index (χ2v) is 4.12. The molecule has 0 aromatic rings. The standard InChI is InChI=1S/C16H26O/c1-5-9-11-13-15(7-3)17-16(8-4)14-12-10-6-2/h5-8,15-16H,1-4,9-14H2. The maximum Gasteiger partial charge on any atom is 0.0761 e. The van der Waals surface area contributed by atoms with E-state index < -0.39 is 0 Å². The molecule has 2 unspecified atom stereocenters. The van der Waals surface area contributed by atoms with E-state index in [4.69, 9.17) is 4.74 Å². The van der Waals surface area contributed by atoms with E-state index >= 15 is 0 Å². The van der Waals surface area contributed by atoms with Gasteiger partial charge in [-0.3, -0.25) is 0 Å². The number of hydrogen-bond donors (Lipinski definition) is 0. The Hall–Kier alpha value is -1.08. The van der Waals surface area contributed by atoms with Crippen LogP contribution in [-0.2, 0) is 4.74 Å². The van der Waals surface area contributed by atoms with Crippen molar-refractivity contribution < 1.29 is 4.74 Å². The molecule has 0 N–H and O–H groups in total. The summed E-state index contributed by atoms with van der Waals surface area (Å²) in [5.41, 5.74) is 0. The van der Waals surface area contributed by atoms with Gasteiger partial charge in [0.05, 0.1) is 12.2 Å². The Morgan fingerprint density at radius 1 is 0.765 bits per heavy atom. The molecule has 0 spiro atoms. The zero-order chi connectivity index (χ0) is 12.9. The van der Waals surface area contributed by atoms with E-state index in [-0.39, 0.29) is 12.2 Å². The largest absolute Gasteiger partial charge is 0.367 e. The lowest BCUT2D eigenvalue weighted by atomic mass is 10.1. The van der Waals surface area contributed by atoms with Crippen molar-refractivity contribution in [1.82, 2.24) is 0 Å². The predicted octanol–water partition coefficient (Wildman–Crippen LogP) is 4.82. The summed E-state index contributed by atoms with van der Waals surface area (Å²) in [5, 5.41) is 0. The third-order valence-electron chi connectivity index (χ3n) is 2.67. The molecule has 2 atom stereocenters. The first-order valence-corrected chi connectivity index (χ1v) is 6.40. The van der Waals surface area contributed by atoms with Gasteiger partial charge in [-0.2, -0.15) is 0 Å². The first-order chi connectivity index (χ1) is 8.28. The van der Waals surface area contributed by atoms with Crippen molar-refractivity contribution >= 4 is 0 Å². The highest BCUT2D eigenvalue weighted by molar-refractivity contribution is 4.87. The molecule has 0 aliphatic carbocycles. The maximum absolute atomic E-state index is 5.94. The third kappa shape index (κ3) is 8.70. The smallest absolute Gasteiger partial charge is 0.0761 e. The Balaban J connectivity index is 3.93. The Labute approximate surface area is 107 Å². The molecule has 0 saturated carbocycles. The Morgan fingerprint density at radius 2 is 1.18 bits per heavy atom. The molecule has 0 bridgehead atoms. The van der Waals surface area contributed by atoms with Crippen LogP contribution in [-0.4, -0.2) is 12.2 Å². The van der Waals surface area contributed by atoms with E-state index in [1.807, 2.05) is 24.3 Å². The van der Waals surface area contributed by atoms with Crippen molar-refractivity contribution in [2.24, 2.45) is 0 Å². The minimum absolute atomic E-state index is 0.127. The summed E-state index contributed by atoms with van der Waals surface area (Å²) in [5.74, 6) is 0. The monoisotopic (exact) mass is 234 g/mol. The van der Waals surface area contributed by atoms with Crippen molar-refractivity contribution in [3.05, 3.63) is 50.6 Å². The summed E-state index contributed by atoms with van der Waals surface area (Å²) in [6.45, 7) is 15.1. The van der Waals surface area contributed by atoms with Gasteiger partial charge >= 0.3 is 0 Å². The van der Waals surface area contributed by atoms with E-state index in [9.17, 15) is 0 Å². The number of allylic oxidation sites excluding steroid dienone is 2. The van der Waals surface area contributed by atoms with Crippen LogP contribution in [0.5, 0.6) is 0 Å². The van der Waals surface area contributed by atoms with Gasteiger partial charge in [-0.05, 0) is 38.5 Å². The Kier molecular flexibility index (Phi) is 10.7. The normalized spacial score (nSPS) is 13.6. The lowest BCUT2D eigenvalue weighted by Gasteiger charge is -2.20. The number of hydrogen-bond acceptors (Lipinski definition) is 1. The fraction of sp³-hybridized carbons (Fsp3) is 0.500. The average Bonchev–Trinajstić information content (AvgIpc) is 2.36. The third-order valence-corrected chi connectivity index (χ3v) is 2.67. The number of ether oxygens (including phenoxy) is 1. The molecule has 0 saturated heterocycles. The number of unbranched alkanes of at least 4 members (excludes halogenated alkanes) is 2. The lowest BCUT2D eigenvalue weighted by Crippen LogP contribution is -2.18. The van der Waals surface area contributed by atoms with Gasteiger partial charge in [-0.1, -0.05) is 24.3 Å². The molecule has 1 nitrogen and oxygen atoms in total. The van der Waals surface area contributed by atoms with Crippen LogP contribution in [0, 0.1) is 0 Å². The molecule has 0 fully saturated rings. The SMILES string of the molecule is C=CCCCC(C=C)OC(C=C)CCCC=C. The van der Waals surface area contributed by atoms with Gasteiger partial charge in [-0.15, -0.1) is 26.3 Å². The highest BCUT2D eigenvalue weighted by Gasteiger charge is 2.10. The van der Waals surface area contributed by atoms with Crippen molar-refractivity contribution in [3.63, 3.8) is 0 Å². The molecule has 0 heterocycles. The van der Waals surface area contributed by atoms with Crippen molar-refractivity contribution in [1.29, 1.82) is 0 Å². The van der Waals surface area contributed by atoms with Crippen molar-refractivity contribution in [2.75, 3.05) is 0 Å². The van der Waals surface area contributed by atoms with Crippen LogP contribution < -0.4 is 0 Å². The van der Waals surface area contributed by atoms with Gasteiger partial charge in [-0.25, -0.2) is 0 Å². The van der Waals surface area contributed by atoms with Crippen molar-refractivity contribution in [2.45, 2.75) is 50.7 Å². The van der Waals surface area contributed by atoms with Crippen molar-refractivity contribution in [3.8, 4) is 0 Å². The van der Waals surface area contributed by atoms with Gasteiger partial charge in [0.2, 0.25) is 0 Å². The molecule has 0 aromatic heterocycles. The van der Waals surface area contributed by atoms with E-state index in [0.29, 0.717) is 0 Å². The van der Waals surface area contributed by atoms with Gasteiger partial charge in [0.15, 0.2) is 0 Å². The second kappa shape index (κ2) is 11.4. The summed E-state index contributed by atoms with van der Waals surface area (Å²) in [6, 6.07) is 0. The van der Waals surface area contributed by atoms with Crippen LogP contribution in [0.2, 0.25) is 0 Å². The van der Waals surface area contributed by atoms with Gasteiger partial charge in [0.1, 0.15) is 0 Å². The van der Waals surface area contributed by atoms with E-state index in [0.717, 1.165) is 38.5 Å². The molecule has 96 valence electrons. The van der Waals surface area contributed by atoms with E-state index in [2.05, 4.69) is 26.3 Å². The highest BCUT2D eigenvalue weighted by Crippen LogP contribution is 2.14. The maximum atomic E-state index is 5.94. The summed E-state index contributed by atoms with van der Waals surface area (Å²) < 4.78 is 5.94. The molecule has 0 aliphatic rings. The van der Waals surface area contributed by atoms with Crippen LogP contribution in [0.3, 0.4) is 0 Å². The zero-order valence-electron chi connectivity index (χ0n) is 10.9. The van der Waals surface area contributed by atoms with Gasteiger partial charge in [0, 0.05) is 0 Å². The first kappa shape index (κ1) is 15.9. The minimum atomic E-state index is 0.127. The van der Waals surface area contributed by atoms with Gasteiger partial charge in [0.25, 0.3) is 0 Å². The van der Waals surface area contributed by atoms with Crippen LogP contribution in [0.15, 0.2) is 50.6 Å². The fourth-order valence-electron chi connectivity index (χ4n) is 1.63. The molecular weight excluding hydrogens is 208 g/mol. The molecule has 0 rings (SSSR count). The Morgan fingerprint density at radius 3 is 1.47 bits per heavy atom. The van der Waals surface area contributed by atoms with E-state index in [1.165, 1.54) is 0 Å². The topological polar surface area (TPSA) is 9.23 Å². The second-order valence-electron chi connectivity index (χ2n) is 4.12. The fourth-order valence-corrected chi connectivity index (χ4v) is 1.63. The molecular formula is C16H26O. The van der Waals surface area contributed by atoms with E-state index in [1.54, 1.807) is 0 Å². The quantitative estimate of drug-likeness (QED) is 0.347. The van der Waals surface area contributed by atoms with Crippen LogP contribution >= 0.6 is 0 Å². The highest BCUT2D eigenvalue weighted by atomic mass is 16.5. The first-order valence-electron chi connectivity index (χ1n) is 6.40. The lowest BCUT2D eigenvalue weighted by molar-refractivity contribution is 0.0309. The number of rotatable bonds is 12. The molecule has 17 heavy (non-hydrogen) atoms. The molecule has 0 aromatic carbocycles. The van der Waals surface area contributed by atoms with Crippen LogP contribution in [0.1, 0.15) is 38.5 Å². The summed E-state index contributed by atoms with van der Waals surface area (Å²) in [6.07, 6.45) is 14.1. The minimum Gasteiger partial charge on any atom is -0.367 e. The predicted molar refractivity (Wildman–Crippen MR) is 77.2 cm³/mol. The molecule has 0 radical (unpaired) electrons. The molecule has 0 aliphatic heterocycles. The zero-order valence-corrected chi connectivity index (χ0v) is 10.9. The van der Waals surface area contributed by atoms with Crippen LogP contribution in [0.25, 0.3) is 0 Å². The summed E-state index contributed by atoms with van der Waals surface area (Å²) in [7, 11) is 0. The average molecular weight is 234 g/mol. The Bertz CT molecular complexity index is 206. The van der Waals surface area contributed by atoms with Gasteiger partial charge < -0.3 is 4.74 Å². The molecule has 1 heteroatoms. The van der Waals surface area contributed by atoms with Crippen LogP contribution in [0.4, 0.5) is 0 Å².